The summed E-state index contributed by atoms with van der Waals surface area (Å²) in [5, 5.41) is 18.0. The lowest BCUT2D eigenvalue weighted by molar-refractivity contribution is -0.324. The van der Waals surface area contributed by atoms with Crippen LogP contribution in [0.3, 0.4) is 0 Å². The summed E-state index contributed by atoms with van der Waals surface area (Å²) < 4.78 is 0. The first-order valence-corrected chi connectivity index (χ1v) is 5.03. The van der Waals surface area contributed by atoms with Gasteiger partial charge in [0.15, 0.2) is 0 Å². The van der Waals surface area contributed by atoms with Crippen LogP contribution in [0.5, 0.6) is 0 Å². The van der Waals surface area contributed by atoms with Crippen molar-refractivity contribution in [1.82, 2.24) is 0 Å². The molecule has 0 radical (unpaired) electrons. The molecule has 0 bridgehead atoms. The van der Waals surface area contributed by atoms with E-state index in [9.17, 15) is 5.11 Å². The van der Waals surface area contributed by atoms with Gasteiger partial charge < -0.3 is 5.11 Å². The Bertz CT molecular complexity index is 183. The molecule has 0 saturated carbocycles. The molecular formula is C11H22O3. The Balaban J connectivity index is 4.05. The van der Waals surface area contributed by atoms with Crippen molar-refractivity contribution < 1.29 is 15.3 Å². The summed E-state index contributed by atoms with van der Waals surface area (Å²) in [4.78, 5) is 4.44. The van der Waals surface area contributed by atoms with Gasteiger partial charge in [-0.1, -0.05) is 11.6 Å². The normalized spacial score (nSPS) is 17.3. The quantitative estimate of drug-likeness (QED) is 0.395. The Kier molecular flexibility index (Phi) is 6.00. The SMILES string of the molecule is CC(C)=CCC[C@](C)(C[C@H](C)O)OO. The van der Waals surface area contributed by atoms with Gasteiger partial charge in [-0.15, -0.1) is 0 Å². The third-order valence-corrected chi connectivity index (χ3v) is 2.17. The van der Waals surface area contributed by atoms with Crippen molar-refractivity contribution in [3.05, 3.63) is 11.6 Å². The van der Waals surface area contributed by atoms with Crippen LogP contribution in [0.4, 0.5) is 0 Å². The number of rotatable bonds is 6. The zero-order chi connectivity index (χ0) is 11.2. The smallest absolute Gasteiger partial charge is 0.103 e. The first-order valence-electron chi connectivity index (χ1n) is 5.03. The van der Waals surface area contributed by atoms with Gasteiger partial charge >= 0.3 is 0 Å². The highest BCUT2D eigenvalue weighted by atomic mass is 17.1. The molecule has 0 aliphatic carbocycles. The van der Waals surface area contributed by atoms with Gasteiger partial charge in [-0.2, -0.15) is 0 Å². The van der Waals surface area contributed by atoms with Crippen LogP contribution in [0.1, 0.15) is 47.0 Å². The van der Waals surface area contributed by atoms with E-state index in [4.69, 9.17) is 5.26 Å². The molecule has 0 aliphatic heterocycles. The monoisotopic (exact) mass is 202 g/mol. The summed E-state index contributed by atoms with van der Waals surface area (Å²) in [5.41, 5.74) is 0.613. The van der Waals surface area contributed by atoms with Crippen LogP contribution in [0.2, 0.25) is 0 Å². The Morgan fingerprint density at radius 1 is 1.50 bits per heavy atom. The van der Waals surface area contributed by atoms with Crippen molar-refractivity contribution in [3.63, 3.8) is 0 Å². The minimum absolute atomic E-state index is 0.445. The van der Waals surface area contributed by atoms with Crippen LogP contribution in [0, 0.1) is 0 Å². The summed E-state index contributed by atoms with van der Waals surface area (Å²) in [7, 11) is 0. The van der Waals surface area contributed by atoms with Gasteiger partial charge in [0.2, 0.25) is 0 Å². The fourth-order valence-electron chi connectivity index (χ4n) is 1.48. The number of hydrogen-bond donors (Lipinski definition) is 2. The van der Waals surface area contributed by atoms with Crippen LogP contribution in [-0.2, 0) is 4.89 Å². The number of allylic oxidation sites excluding steroid dienone is 2. The lowest BCUT2D eigenvalue weighted by Crippen LogP contribution is -2.31. The maximum atomic E-state index is 9.22. The van der Waals surface area contributed by atoms with E-state index in [0.29, 0.717) is 12.8 Å². The minimum atomic E-state index is -0.639. The molecular weight excluding hydrogens is 180 g/mol. The highest BCUT2D eigenvalue weighted by Crippen LogP contribution is 2.23. The summed E-state index contributed by atoms with van der Waals surface area (Å²) in [6, 6.07) is 0. The molecule has 0 aromatic carbocycles. The Morgan fingerprint density at radius 3 is 2.43 bits per heavy atom. The van der Waals surface area contributed by atoms with E-state index < -0.39 is 11.7 Å². The van der Waals surface area contributed by atoms with E-state index in [-0.39, 0.29) is 0 Å². The lowest BCUT2D eigenvalue weighted by atomic mass is 9.93. The molecule has 2 N–H and O–H groups in total. The molecule has 0 aliphatic rings. The molecule has 0 heterocycles. The zero-order valence-corrected chi connectivity index (χ0v) is 9.58. The van der Waals surface area contributed by atoms with E-state index >= 15 is 0 Å². The fraction of sp³-hybridized carbons (Fsp3) is 0.818. The second kappa shape index (κ2) is 6.17. The van der Waals surface area contributed by atoms with E-state index in [1.807, 2.05) is 13.8 Å². The van der Waals surface area contributed by atoms with Crippen LogP contribution in [0.15, 0.2) is 11.6 Å². The number of aliphatic hydroxyl groups excluding tert-OH is 1. The van der Waals surface area contributed by atoms with Crippen molar-refractivity contribution in [3.8, 4) is 0 Å². The average Bonchev–Trinajstić information content (AvgIpc) is 2.02. The van der Waals surface area contributed by atoms with Gasteiger partial charge in [-0.3, -0.25) is 5.26 Å². The summed E-state index contributed by atoms with van der Waals surface area (Å²) in [5.74, 6) is 0. The molecule has 0 aromatic rings. The van der Waals surface area contributed by atoms with Crippen molar-refractivity contribution in [1.29, 1.82) is 0 Å². The van der Waals surface area contributed by atoms with Crippen LogP contribution >= 0.6 is 0 Å². The van der Waals surface area contributed by atoms with Crippen LogP contribution in [-0.4, -0.2) is 22.1 Å². The standard InChI is InChI=1S/C11H22O3/c1-9(2)6-5-7-11(4,14-13)8-10(3)12/h6,10,12-13H,5,7-8H2,1-4H3/t10-,11+/m0/s1. The second-order valence-corrected chi connectivity index (χ2v) is 4.41. The Labute approximate surface area is 86.3 Å². The molecule has 0 fully saturated rings. The average molecular weight is 202 g/mol. The van der Waals surface area contributed by atoms with Crippen molar-refractivity contribution >= 4 is 0 Å². The number of aliphatic hydroxyl groups is 1. The molecule has 0 unspecified atom stereocenters. The topological polar surface area (TPSA) is 49.7 Å². The van der Waals surface area contributed by atoms with Gasteiger partial charge in [0.05, 0.1) is 6.10 Å². The third kappa shape index (κ3) is 6.13. The number of hydrogen-bond acceptors (Lipinski definition) is 3. The molecule has 3 nitrogen and oxygen atoms in total. The fourth-order valence-corrected chi connectivity index (χ4v) is 1.48. The highest BCUT2D eigenvalue weighted by Gasteiger charge is 2.26. The minimum Gasteiger partial charge on any atom is -0.393 e. The van der Waals surface area contributed by atoms with Gasteiger partial charge in [0, 0.05) is 6.42 Å². The van der Waals surface area contributed by atoms with E-state index in [0.717, 1.165) is 6.42 Å². The van der Waals surface area contributed by atoms with Crippen molar-refractivity contribution in [2.45, 2.75) is 58.7 Å². The maximum Gasteiger partial charge on any atom is 0.103 e. The Hall–Kier alpha value is -0.380. The molecule has 3 heteroatoms. The van der Waals surface area contributed by atoms with E-state index in [2.05, 4.69) is 11.0 Å². The van der Waals surface area contributed by atoms with Gasteiger partial charge in [0.25, 0.3) is 0 Å². The molecule has 0 rings (SSSR count). The molecule has 0 spiro atoms. The molecule has 14 heavy (non-hydrogen) atoms. The lowest BCUT2D eigenvalue weighted by Gasteiger charge is -2.26. The molecule has 84 valence electrons. The van der Waals surface area contributed by atoms with Gasteiger partial charge in [-0.25, -0.2) is 4.89 Å². The molecule has 0 amide bonds. The predicted octanol–water partition coefficient (Wildman–Crippen LogP) is 2.75. The molecule has 0 saturated heterocycles. The van der Waals surface area contributed by atoms with Crippen molar-refractivity contribution in [2.75, 3.05) is 0 Å². The Morgan fingerprint density at radius 2 is 2.07 bits per heavy atom. The maximum absolute atomic E-state index is 9.22. The second-order valence-electron chi connectivity index (χ2n) is 4.41. The van der Waals surface area contributed by atoms with E-state index in [1.165, 1.54) is 5.57 Å². The first-order chi connectivity index (χ1) is 6.39. The van der Waals surface area contributed by atoms with Crippen LogP contribution < -0.4 is 0 Å². The van der Waals surface area contributed by atoms with Crippen LogP contribution in [0.25, 0.3) is 0 Å². The highest BCUT2D eigenvalue weighted by molar-refractivity contribution is 4.94. The van der Waals surface area contributed by atoms with E-state index in [1.54, 1.807) is 13.8 Å². The van der Waals surface area contributed by atoms with Crippen molar-refractivity contribution in [2.24, 2.45) is 0 Å². The first kappa shape index (κ1) is 13.6. The van der Waals surface area contributed by atoms with Gasteiger partial charge in [0.1, 0.15) is 5.60 Å². The predicted molar refractivity (Wildman–Crippen MR) is 57.1 cm³/mol. The third-order valence-electron chi connectivity index (χ3n) is 2.17. The largest absolute Gasteiger partial charge is 0.393 e. The molecule has 2 atom stereocenters. The summed E-state index contributed by atoms with van der Waals surface area (Å²) in [6.07, 6.45) is 3.64. The zero-order valence-electron chi connectivity index (χ0n) is 9.58. The summed E-state index contributed by atoms with van der Waals surface area (Å²) in [6.45, 7) is 7.56. The molecule has 0 aromatic heterocycles. The summed E-state index contributed by atoms with van der Waals surface area (Å²) >= 11 is 0. The van der Waals surface area contributed by atoms with Gasteiger partial charge in [-0.05, 0) is 40.5 Å².